The summed E-state index contributed by atoms with van der Waals surface area (Å²) in [4.78, 5) is -1.81. The number of allylic oxidation sites excluding steroid dienone is 2. The first-order valence-electron chi connectivity index (χ1n) is 11.0. The Morgan fingerprint density at radius 1 is 0.828 bits per heavy atom. The van der Waals surface area contributed by atoms with Crippen molar-refractivity contribution in [3.8, 4) is 0 Å². The quantitative estimate of drug-likeness (QED) is 0.295. The molecule has 3 rings (SSSR count). The van der Waals surface area contributed by atoms with Crippen LogP contribution in [0, 0.1) is 17.8 Å². The zero-order valence-corrected chi connectivity index (χ0v) is 18.0. The Morgan fingerprint density at radius 3 is 2.00 bits per heavy atom. The summed E-state index contributed by atoms with van der Waals surface area (Å²) in [5.41, 5.74) is 1.62. The molecular weight excluding hydrogens is 403 g/mol. The molecule has 0 aliphatic heterocycles. The molecule has 0 aromatic heterocycles. The van der Waals surface area contributed by atoms with Crippen LogP contribution in [0.4, 0.5) is 19.4 Å². The molecule has 0 N–H and O–H groups in total. The van der Waals surface area contributed by atoms with Crippen molar-refractivity contribution in [2.24, 2.45) is 17.8 Å². The molecule has 166 valence electrons. The fraction of sp³-hybridized carbons (Fsp3) is 0.652. The molecule has 1 saturated carbocycles. The summed E-state index contributed by atoms with van der Waals surface area (Å²) in [7, 11) is -9.58. The van der Waals surface area contributed by atoms with E-state index in [9.17, 15) is 19.4 Å². The molecule has 0 radical (unpaired) electrons. The molecule has 0 bridgehead atoms. The predicted molar refractivity (Wildman–Crippen MR) is 113 cm³/mol. The molecule has 6 heteroatoms. The Morgan fingerprint density at radius 2 is 1.48 bits per heavy atom. The van der Waals surface area contributed by atoms with Crippen molar-refractivity contribution in [1.29, 1.82) is 0 Å². The van der Waals surface area contributed by atoms with E-state index in [1.165, 1.54) is 63.5 Å². The second-order valence-corrected chi connectivity index (χ2v) is 11.4. The molecule has 1 unspecified atom stereocenters. The number of unbranched alkanes of at least 4 members (excludes halogenated alkanes) is 2. The number of hydrogen-bond donors (Lipinski definition) is 0. The molecule has 2 aliphatic rings. The molecule has 1 aromatic carbocycles. The lowest BCUT2D eigenvalue weighted by molar-refractivity contribution is 0.187. The highest BCUT2D eigenvalue weighted by Crippen LogP contribution is 3.02. The van der Waals surface area contributed by atoms with Gasteiger partial charge in [-0.15, -0.1) is 0 Å². The molecule has 1 atom stereocenters. The van der Waals surface area contributed by atoms with Gasteiger partial charge in [0.1, 0.15) is 4.90 Å². The van der Waals surface area contributed by atoms with E-state index in [-0.39, 0.29) is 0 Å². The minimum absolute atomic E-state index is 0.531. The summed E-state index contributed by atoms with van der Waals surface area (Å²) < 4.78 is 64.4. The van der Waals surface area contributed by atoms with Gasteiger partial charge in [-0.25, -0.2) is 0 Å². The van der Waals surface area contributed by atoms with Crippen LogP contribution < -0.4 is 0 Å². The maximum atomic E-state index is 12.9. The average molecular weight is 437 g/mol. The van der Waals surface area contributed by atoms with Crippen LogP contribution in [0.3, 0.4) is 0 Å². The van der Waals surface area contributed by atoms with Crippen LogP contribution >= 0.6 is 10.2 Å². The van der Waals surface area contributed by atoms with Crippen LogP contribution in [-0.4, -0.2) is 0 Å². The standard InChI is InChI=1S/C23H33F5S/c1-2-3-4-5-18-6-8-19(9-7-18)20-10-12-21(13-11-20)22-14-16-23(17-15-22)29(24,25,26,27)28/h12,14-20H,2-11,13H2,1H3. The summed E-state index contributed by atoms with van der Waals surface area (Å²) in [6, 6.07) is 3.45. The highest BCUT2D eigenvalue weighted by Gasteiger charge is 2.65. The van der Waals surface area contributed by atoms with Gasteiger partial charge in [0.15, 0.2) is 0 Å². The Balaban J connectivity index is 1.54. The third-order valence-corrected chi connectivity index (χ3v) is 8.06. The van der Waals surface area contributed by atoms with E-state index in [1.54, 1.807) is 0 Å². The maximum Gasteiger partial charge on any atom is 0.310 e. The lowest BCUT2D eigenvalue weighted by Crippen LogP contribution is -2.23. The van der Waals surface area contributed by atoms with E-state index in [0.29, 0.717) is 23.6 Å². The number of hydrogen-bond acceptors (Lipinski definition) is 0. The normalized spacial score (nSPS) is 28.3. The highest BCUT2D eigenvalue weighted by atomic mass is 32.5. The van der Waals surface area contributed by atoms with Crippen molar-refractivity contribution in [3.63, 3.8) is 0 Å². The largest absolute Gasteiger partial charge is 0.310 e. The Hall–Kier alpha value is -1.04. The van der Waals surface area contributed by atoms with Crippen molar-refractivity contribution in [3.05, 3.63) is 35.9 Å². The fourth-order valence-corrected chi connectivity index (χ4v) is 5.75. The van der Waals surface area contributed by atoms with Crippen molar-refractivity contribution >= 4 is 15.8 Å². The molecule has 0 amide bonds. The second-order valence-electron chi connectivity index (χ2n) is 9.03. The van der Waals surface area contributed by atoms with E-state index >= 15 is 0 Å². The summed E-state index contributed by atoms with van der Waals surface area (Å²) in [6.45, 7) is 2.24. The van der Waals surface area contributed by atoms with Crippen molar-refractivity contribution in [2.75, 3.05) is 0 Å². The van der Waals surface area contributed by atoms with Crippen LogP contribution in [0.25, 0.3) is 5.57 Å². The predicted octanol–water partition coefficient (Wildman–Crippen LogP) is 9.91. The van der Waals surface area contributed by atoms with Crippen molar-refractivity contribution in [2.45, 2.75) is 82.4 Å². The summed E-state index contributed by atoms with van der Waals surface area (Å²) in [6.07, 6.45) is 15.5. The Kier molecular flexibility index (Phi) is 6.17. The minimum Gasteiger partial charge on any atom is -0.0936 e. The molecule has 0 heterocycles. The molecule has 1 fully saturated rings. The van der Waals surface area contributed by atoms with Gasteiger partial charge in [-0.3, -0.25) is 0 Å². The molecule has 2 aliphatic carbocycles. The minimum atomic E-state index is -9.58. The maximum absolute atomic E-state index is 12.9. The Bertz CT molecular complexity index is 712. The van der Waals surface area contributed by atoms with Gasteiger partial charge in [0.05, 0.1) is 0 Å². The first kappa shape index (κ1) is 22.6. The van der Waals surface area contributed by atoms with Gasteiger partial charge in [0, 0.05) is 0 Å². The van der Waals surface area contributed by atoms with Gasteiger partial charge in [0.2, 0.25) is 0 Å². The van der Waals surface area contributed by atoms with Crippen LogP contribution in [0.2, 0.25) is 0 Å². The zero-order chi connectivity index (χ0) is 21.2. The summed E-state index contributed by atoms with van der Waals surface area (Å²) in [5.74, 6) is 2.30. The van der Waals surface area contributed by atoms with E-state index in [0.717, 1.165) is 36.7 Å². The van der Waals surface area contributed by atoms with Crippen LogP contribution in [-0.2, 0) is 0 Å². The molecule has 0 spiro atoms. The van der Waals surface area contributed by atoms with Gasteiger partial charge in [-0.2, -0.15) is 0 Å². The third kappa shape index (κ3) is 6.22. The van der Waals surface area contributed by atoms with Crippen LogP contribution in [0.1, 0.15) is 83.1 Å². The second kappa shape index (κ2) is 7.90. The first-order chi connectivity index (χ1) is 13.5. The monoisotopic (exact) mass is 436 g/mol. The third-order valence-electron chi connectivity index (χ3n) is 6.90. The van der Waals surface area contributed by atoms with Crippen molar-refractivity contribution in [1.82, 2.24) is 0 Å². The molecule has 1 aromatic rings. The Labute approximate surface area is 171 Å². The topological polar surface area (TPSA) is 0 Å². The molecule has 0 nitrogen and oxygen atoms in total. The van der Waals surface area contributed by atoms with E-state index in [2.05, 4.69) is 13.0 Å². The summed E-state index contributed by atoms with van der Waals surface area (Å²) in [5, 5.41) is 0. The summed E-state index contributed by atoms with van der Waals surface area (Å²) >= 11 is 0. The van der Waals surface area contributed by atoms with Gasteiger partial charge < -0.3 is 0 Å². The SMILES string of the molecule is CCCCCC1CCC(C2CC=C(c3ccc(S(F)(F)(F)(F)F)cc3)CC2)CC1. The van der Waals surface area contributed by atoms with Gasteiger partial charge in [-0.1, -0.05) is 83.1 Å². The van der Waals surface area contributed by atoms with E-state index < -0.39 is 15.1 Å². The van der Waals surface area contributed by atoms with E-state index in [4.69, 9.17) is 0 Å². The van der Waals surface area contributed by atoms with Crippen LogP contribution in [0.15, 0.2) is 35.2 Å². The van der Waals surface area contributed by atoms with Crippen LogP contribution in [0.5, 0.6) is 0 Å². The van der Waals surface area contributed by atoms with E-state index in [1.807, 2.05) is 0 Å². The number of benzene rings is 1. The highest BCUT2D eigenvalue weighted by molar-refractivity contribution is 8.45. The van der Waals surface area contributed by atoms with Gasteiger partial charge in [-0.05, 0) is 73.1 Å². The zero-order valence-electron chi connectivity index (χ0n) is 17.2. The number of halogens is 5. The van der Waals surface area contributed by atoms with Crippen molar-refractivity contribution < 1.29 is 19.4 Å². The molecular formula is C23H33F5S. The number of rotatable bonds is 7. The lowest BCUT2D eigenvalue weighted by Gasteiger charge is -2.40. The fourth-order valence-electron chi connectivity index (χ4n) is 5.10. The first-order valence-corrected chi connectivity index (χ1v) is 12.9. The molecule has 29 heavy (non-hydrogen) atoms. The molecule has 0 saturated heterocycles. The van der Waals surface area contributed by atoms with Gasteiger partial charge >= 0.3 is 10.2 Å². The average Bonchev–Trinajstić information content (AvgIpc) is 2.67. The lowest BCUT2D eigenvalue weighted by atomic mass is 9.70. The smallest absolute Gasteiger partial charge is 0.0936 e. The van der Waals surface area contributed by atoms with Gasteiger partial charge in [0.25, 0.3) is 0 Å².